The van der Waals surface area contributed by atoms with Gasteiger partial charge in [0.25, 0.3) is 7.82 Å². The summed E-state index contributed by atoms with van der Waals surface area (Å²) in [4.78, 5) is 25.1. The van der Waals surface area contributed by atoms with Gasteiger partial charge >= 0.3 is 0 Å². The molecule has 1 amide bonds. The monoisotopic (exact) mass is 685 g/mol. The van der Waals surface area contributed by atoms with Crippen molar-refractivity contribution >= 4 is 13.7 Å². The van der Waals surface area contributed by atoms with Gasteiger partial charge in [-0.2, -0.15) is 0 Å². The summed E-state index contributed by atoms with van der Waals surface area (Å²) in [6.45, 7) is 4.55. The molecule has 0 fully saturated rings. The van der Waals surface area contributed by atoms with Crippen molar-refractivity contribution in [2.24, 2.45) is 0 Å². The zero-order valence-corrected chi connectivity index (χ0v) is 31.9. The van der Waals surface area contributed by atoms with Gasteiger partial charge in [0.1, 0.15) is 13.2 Å². The van der Waals surface area contributed by atoms with E-state index in [0.29, 0.717) is 17.4 Å². The fourth-order valence-corrected chi connectivity index (χ4v) is 5.71. The van der Waals surface area contributed by atoms with Crippen LogP contribution in [0.5, 0.6) is 0 Å². The summed E-state index contributed by atoms with van der Waals surface area (Å²) in [7, 11) is 1.23. The van der Waals surface area contributed by atoms with Gasteiger partial charge in [-0.05, 0) is 57.8 Å². The molecule has 0 aromatic carbocycles. The summed E-state index contributed by atoms with van der Waals surface area (Å²) >= 11 is 0. The highest BCUT2D eigenvalue weighted by atomic mass is 31.2. The highest BCUT2D eigenvalue weighted by Crippen LogP contribution is 2.38. The van der Waals surface area contributed by atoms with E-state index in [9.17, 15) is 19.4 Å². The topological polar surface area (TPSA) is 108 Å². The van der Waals surface area contributed by atoms with Gasteiger partial charge in [-0.1, -0.05) is 121 Å². The Bertz CT molecular complexity index is 871. The molecular formula is C38H73N2O6P. The van der Waals surface area contributed by atoms with E-state index in [1.165, 1.54) is 77.0 Å². The van der Waals surface area contributed by atoms with Gasteiger partial charge in [0.05, 0.1) is 39.9 Å². The SMILES string of the molecule is CCCCCCCC/C=C\CCCCCC(=O)NC(COP(=O)([O-])OCC[N+](C)(C)C)C(O)/C=C/CC/C=C/CCCCCCCC. The van der Waals surface area contributed by atoms with Crippen LogP contribution in [0.3, 0.4) is 0 Å². The average Bonchev–Trinajstić information content (AvgIpc) is 3.01. The van der Waals surface area contributed by atoms with Gasteiger partial charge in [-0.3, -0.25) is 9.36 Å². The minimum atomic E-state index is -4.59. The van der Waals surface area contributed by atoms with Gasteiger partial charge in [0.2, 0.25) is 5.91 Å². The summed E-state index contributed by atoms with van der Waals surface area (Å²) in [5.41, 5.74) is 0. The summed E-state index contributed by atoms with van der Waals surface area (Å²) in [5, 5.41) is 13.6. The lowest BCUT2D eigenvalue weighted by molar-refractivity contribution is -0.870. The van der Waals surface area contributed by atoms with Crippen LogP contribution in [0.4, 0.5) is 0 Å². The summed E-state index contributed by atoms with van der Waals surface area (Å²) < 4.78 is 23.0. The number of hydrogen-bond acceptors (Lipinski definition) is 6. The number of quaternary nitrogens is 1. The maximum Gasteiger partial charge on any atom is 0.268 e. The van der Waals surface area contributed by atoms with E-state index >= 15 is 0 Å². The first-order chi connectivity index (χ1) is 22.5. The minimum Gasteiger partial charge on any atom is -0.756 e. The van der Waals surface area contributed by atoms with Crippen molar-refractivity contribution in [3.8, 4) is 0 Å². The fraction of sp³-hybridized carbons (Fsp3) is 0.816. The number of nitrogens with one attached hydrogen (secondary N) is 1. The Morgan fingerprint density at radius 2 is 1.19 bits per heavy atom. The second kappa shape index (κ2) is 30.8. The maximum absolute atomic E-state index is 12.7. The van der Waals surface area contributed by atoms with Crippen LogP contribution >= 0.6 is 7.82 Å². The predicted molar refractivity (Wildman–Crippen MR) is 196 cm³/mol. The first-order valence-electron chi connectivity index (χ1n) is 18.9. The average molecular weight is 685 g/mol. The molecule has 0 bridgehead atoms. The first-order valence-corrected chi connectivity index (χ1v) is 20.3. The van der Waals surface area contributed by atoms with Gasteiger partial charge in [0.15, 0.2) is 0 Å². The molecular weight excluding hydrogens is 611 g/mol. The zero-order valence-electron chi connectivity index (χ0n) is 31.0. The van der Waals surface area contributed by atoms with E-state index in [1.807, 2.05) is 27.2 Å². The number of phosphoric ester groups is 1. The number of phosphoric acid groups is 1. The Labute approximate surface area is 289 Å². The number of nitrogens with zero attached hydrogens (tertiary/aromatic N) is 1. The van der Waals surface area contributed by atoms with E-state index in [0.717, 1.165) is 51.4 Å². The van der Waals surface area contributed by atoms with E-state index in [-0.39, 0.29) is 12.5 Å². The fourth-order valence-electron chi connectivity index (χ4n) is 4.98. The lowest BCUT2D eigenvalue weighted by Crippen LogP contribution is -2.45. The molecule has 0 radical (unpaired) electrons. The third-order valence-electron chi connectivity index (χ3n) is 8.07. The van der Waals surface area contributed by atoms with Gasteiger partial charge in [-0.15, -0.1) is 0 Å². The van der Waals surface area contributed by atoms with E-state index in [4.69, 9.17) is 9.05 Å². The van der Waals surface area contributed by atoms with Crippen molar-refractivity contribution in [3.63, 3.8) is 0 Å². The molecule has 0 aromatic rings. The Morgan fingerprint density at radius 1 is 0.723 bits per heavy atom. The molecule has 3 unspecified atom stereocenters. The molecule has 2 N–H and O–H groups in total. The number of likely N-dealkylation sites (N-methyl/N-ethyl adjacent to an activating group) is 1. The number of unbranched alkanes of at least 4 members (excludes halogenated alkanes) is 16. The maximum atomic E-state index is 12.7. The number of amides is 1. The number of hydrogen-bond donors (Lipinski definition) is 2. The van der Waals surface area contributed by atoms with E-state index in [2.05, 4.69) is 43.5 Å². The lowest BCUT2D eigenvalue weighted by Gasteiger charge is -2.29. The molecule has 8 nitrogen and oxygen atoms in total. The molecule has 0 saturated carbocycles. The standard InChI is InChI=1S/C38H73N2O6P/c1-6-8-10-12-14-16-18-20-22-24-26-28-30-32-38(42)39-36(35-46-47(43,44)45-34-33-40(3,4)5)37(41)31-29-27-25-23-21-19-17-15-13-11-9-7-2/h20-23,29,31,36-37,41H,6-19,24-28,30,32-35H2,1-5H3,(H-,39,42,43,44)/b22-20-,23-21+,31-29+. The molecule has 0 aliphatic rings. The van der Waals surface area contributed by atoms with Crippen molar-refractivity contribution in [2.45, 2.75) is 161 Å². The zero-order chi connectivity index (χ0) is 35.1. The lowest BCUT2D eigenvalue weighted by atomic mass is 10.1. The summed E-state index contributed by atoms with van der Waals surface area (Å²) in [6.07, 6.45) is 34.7. The molecule has 47 heavy (non-hydrogen) atoms. The molecule has 276 valence electrons. The van der Waals surface area contributed by atoms with Gasteiger partial charge < -0.3 is 28.8 Å². The minimum absolute atomic E-state index is 0.00955. The van der Waals surface area contributed by atoms with Crippen LogP contribution in [0.15, 0.2) is 36.5 Å². The molecule has 0 spiro atoms. The number of carbonyl (C=O) groups is 1. The van der Waals surface area contributed by atoms with Crippen molar-refractivity contribution in [1.82, 2.24) is 5.32 Å². The Hall–Kier alpha value is -1.28. The Morgan fingerprint density at radius 3 is 1.72 bits per heavy atom. The molecule has 0 aliphatic carbocycles. The second-order valence-electron chi connectivity index (χ2n) is 13.9. The molecule has 0 rings (SSSR count). The van der Waals surface area contributed by atoms with Crippen LogP contribution < -0.4 is 10.2 Å². The van der Waals surface area contributed by atoms with Crippen molar-refractivity contribution in [3.05, 3.63) is 36.5 Å². The molecule has 9 heteroatoms. The largest absolute Gasteiger partial charge is 0.756 e. The van der Waals surface area contributed by atoms with Crippen LogP contribution in [0.2, 0.25) is 0 Å². The second-order valence-corrected chi connectivity index (χ2v) is 15.3. The molecule has 0 saturated heterocycles. The molecule has 3 atom stereocenters. The van der Waals surface area contributed by atoms with Crippen LogP contribution in [-0.4, -0.2) is 68.5 Å². The number of allylic oxidation sites excluding steroid dienone is 5. The Balaban J connectivity index is 4.64. The predicted octanol–water partition coefficient (Wildman–Crippen LogP) is 8.94. The highest BCUT2D eigenvalue weighted by Gasteiger charge is 2.23. The van der Waals surface area contributed by atoms with Crippen molar-refractivity contribution in [1.29, 1.82) is 0 Å². The molecule has 0 aliphatic heterocycles. The van der Waals surface area contributed by atoms with Gasteiger partial charge in [0, 0.05) is 6.42 Å². The number of carbonyl (C=O) groups excluding carboxylic acids is 1. The third-order valence-corrected chi connectivity index (χ3v) is 9.04. The summed E-state index contributed by atoms with van der Waals surface area (Å²) in [6, 6.07) is -0.906. The van der Waals surface area contributed by atoms with Crippen molar-refractivity contribution in [2.75, 3.05) is 40.9 Å². The smallest absolute Gasteiger partial charge is 0.268 e. The van der Waals surface area contributed by atoms with Crippen LogP contribution in [-0.2, 0) is 18.4 Å². The first kappa shape index (κ1) is 45.7. The van der Waals surface area contributed by atoms with E-state index < -0.39 is 26.6 Å². The van der Waals surface area contributed by atoms with Crippen LogP contribution in [0.25, 0.3) is 0 Å². The van der Waals surface area contributed by atoms with Crippen molar-refractivity contribution < 1.29 is 32.9 Å². The van der Waals surface area contributed by atoms with Crippen LogP contribution in [0.1, 0.15) is 149 Å². The normalized spacial score (nSPS) is 15.1. The van der Waals surface area contributed by atoms with Gasteiger partial charge in [-0.25, -0.2) is 0 Å². The highest BCUT2D eigenvalue weighted by molar-refractivity contribution is 7.45. The van der Waals surface area contributed by atoms with Crippen LogP contribution in [0, 0.1) is 0 Å². The molecule has 0 heterocycles. The quantitative estimate of drug-likeness (QED) is 0.0309. The number of aliphatic hydroxyl groups excluding tert-OH is 1. The number of rotatable bonds is 33. The van der Waals surface area contributed by atoms with E-state index in [1.54, 1.807) is 6.08 Å². The number of aliphatic hydroxyl groups is 1. The Kier molecular flexibility index (Phi) is 29.9. The summed E-state index contributed by atoms with van der Waals surface area (Å²) in [5.74, 6) is -0.228. The molecule has 0 aromatic heterocycles. The third kappa shape index (κ3) is 33.0.